The van der Waals surface area contributed by atoms with Gasteiger partial charge in [0.25, 0.3) is 0 Å². The highest BCUT2D eigenvalue weighted by Crippen LogP contribution is 2.34. The number of nitrogens with zero attached hydrogens (tertiary/aromatic N) is 3. The molecule has 8 nitrogen and oxygen atoms in total. The van der Waals surface area contributed by atoms with E-state index in [-0.39, 0.29) is 12.3 Å². The number of amides is 1. The van der Waals surface area contributed by atoms with Crippen molar-refractivity contribution < 1.29 is 19.0 Å². The largest absolute Gasteiger partial charge is 0.489 e. The average molecular weight is 447 g/mol. The molecule has 0 atom stereocenters. The van der Waals surface area contributed by atoms with Crippen molar-refractivity contribution in [2.24, 2.45) is 5.92 Å². The van der Waals surface area contributed by atoms with Crippen molar-refractivity contribution in [1.29, 1.82) is 0 Å². The second-order valence-corrected chi connectivity index (χ2v) is 9.23. The molecule has 1 aromatic heterocycles. The predicted molar refractivity (Wildman–Crippen MR) is 123 cm³/mol. The van der Waals surface area contributed by atoms with Gasteiger partial charge in [-0.05, 0) is 50.6 Å². The van der Waals surface area contributed by atoms with E-state index in [1.54, 1.807) is 14.2 Å². The minimum absolute atomic E-state index is 0.0176. The van der Waals surface area contributed by atoms with E-state index < -0.39 is 6.29 Å². The molecule has 0 bridgehead atoms. The van der Waals surface area contributed by atoms with Crippen molar-refractivity contribution in [2.75, 3.05) is 58.5 Å². The fourth-order valence-electron chi connectivity index (χ4n) is 5.16. The van der Waals surface area contributed by atoms with Crippen LogP contribution in [0.5, 0.6) is 5.75 Å². The lowest BCUT2D eigenvalue weighted by Gasteiger charge is -2.37. The molecule has 1 amide bonds. The third-order valence-electron chi connectivity index (χ3n) is 7.20. The summed E-state index contributed by atoms with van der Waals surface area (Å²) < 4.78 is 16.1. The molecule has 178 valence electrons. The summed E-state index contributed by atoms with van der Waals surface area (Å²) >= 11 is 0. The number of piperazine rings is 1. The van der Waals surface area contributed by atoms with Crippen molar-refractivity contribution in [3.8, 4) is 5.75 Å². The van der Waals surface area contributed by atoms with Gasteiger partial charge in [-0.3, -0.25) is 9.69 Å². The minimum Gasteiger partial charge on any atom is -0.489 e. The molecule has 32 heavy (non-hydrogen) atoms. The van der Waals surface area contributed by atoms with Crippen LogP contribution in [-0.2, 0) is 20.7 Å². The van der Waals surface area contributed by atoms with E-state index in [0.29, 0.717) is 6.04 Å². The van der Waals surface area contributed by atoms with E-state index in [0.717, 1.165) is 76.1 Å². The van der Waals surface area contributed by atoms with Crippen LogP contribution in [-0.4, -0.2) is 81.7 Å². The number of fused-ring (bicyclic) bond motifs is 1. The summed E-state index contributed by atoms with van der Waals surface area (Å²) in [5.41, 5.74) is 1.29. The maximum atomic E-state index is 12.2. The Bertz CT molecular complexity index is 742. The molecule has 0 unspecified atom stereocenters. The molecular formula is C24H38N4O4. The van der Waals surface area contributed by atoms with Crippen molar-refractivity contribution in [2.45, 2.75) is 57.3 Å². The maximum Gasteiger partial charge on any atom is 0.225 e. The van der Waals surface area contributed by atoms with Gasteiger partial charge in [0.15, 0.2) is 17.9 Å². The molecule has 1 saturated carbocycles. The first-order valence-corrected chi connectivity index (χ1v) is 12.1. The molecule has 4 rings (SSSR count). The van der Waals surface area contributed by atoms with Gasteiger partial charge in [-0.1, -0.05) is 0 Å². The Morgan fingerprint density at radius 3 is 2.66 bits per heavy atom. The second-order valence-electron chi connectivity index (χ2n) is 9.23. The number of nitrogens with one attached hydrogen (secondary N) is 1. The lowest BCUT2D eigenvalue weighted by Crippen LogP contribution is -2.47. The van der Waals surface area contributed by atoms with Gasteiger partial charge in [-0.25, -0.2) is 4.98 Å². The minimum atomic E-state index is -0.460. The Balaban J connectivity index is 1.13. The first-order chi connectivity index (χ1) is 15.7. The molecule has 3 heterocycles. The van der Waals surface area contributed by atoms with Crippen molar-refractivity contribution >= 4 is 11.7 Å². The highest BCUT2D eigenvalue weighted by atomic mass is 16.7. The number of carbonyl (C=O) groups is 1. The summed E-state index contributed by atoms with van der Waals surface area (Å²) in [5.74, 6) is 2.82. The van der Waals surface area contributed by atoms with Crippen LogP contribution < -0.4 is 15.0 Å². The quantitative estimate of drug-likeness (QED) is 0.583. The molecule has 0 radical (unpaired) electrons. The fourth-order valence-corrected chi connectivity index (χ4v) is 5.16. The zero-order valence-corrected chi connectivity index (χ0v) is 19.6. The van der Waals surface area contributed by atoms with Crippen LogP contribution in [0, 0.1) is 5.92 Å². The van der Waals surface area contributed by atoms with E-state index >= 15 is 0 Å². The Hall–Kier alpha value is -1.90. The lowest BCUT2D eigenvalue weighted by atomic mass is 9.84. The molecule has 1 N–H and O–H groups in total. The van der Waals surface area contributed by atoms with Crippen LogP contribution in [0.15, 0.2) is 12.3 Å². The first-order valence-electron chi connectivity index (χ1n) is 12.1. The van der Waals surface area contributed by atoms with Crippen LogP contribution in [0.3, 0.4) is 0 Å². The third kappa shape index (κ3) is 5.91. The molecule has 1 saturated heterocycles. The van der Waals surface area contributed by atoms with E-state index in [4.69, 9.17) is 14.2 Å². The smallest absolute Gasteiger partial charge is 0.225 e. The molecule has 8 heteroatoms. The molecule has 2 fully saturated rings. The Morgan fingerprint density at radius 1 is 1.19 bits per heavy atom. The topological polar surface area (TPSA) is 76.2 Å². The van der Waals surface area contributed by atoms with Gasteiger partial charge in [0, 0.05) is 64.6 Å². The zero-order valence-electron chi connectivity index (χ0n) is 19.6. The summed E-state index contributed by atoms with van der Waals surface area (Å²) in [6, 6.07) is 2.37. The predicted octanol–water partition coefficient (Wildman–Crippen LogP) is 2.21. The molecule has 2 aliphatic heterocycles. The number of anilines is 1. The maximum absolute atomic E-state index is 12.2. The van der Waals surface area contributed by atoms with E-state index in [1.165, 1.54) is 24.8 Å². The highest BCUT2D eigenvalue weighted by Gasteiger charge is 2.27. The van der Waals surface area contributed by atoms with Gasteiger partial charge in [0.05, 0.1) is 13.0 Å². The normalized spacial score (nSPS) is 23.8. The monoisotopic (exact) mass is 446 g/mol. The average Bonchev–Trinajstić information content (AvgIpc) is 3.31. The number of carbonyl (C=O) groups excluding carboxylic acids is 1. The van der Waals surface area contributed by atoms with Crippen LogP contribution in [0.25, 0.3) is 0 Å². The van der Waals surface area contributed by atoms with Crippen molar-refractivity contribution in [1.82, 2.24) is 15.2 Å². The van der Waals surface area contributed by atoms with Gasteiger partial charge in [0.2, 0.25) is 5.91 Å². The van der Waals surface area contributed by atoms with E-state index in [1.807, 2.05) is 6.20 Å². The second kappa shape index (κ2) is 11.3. The SMILES string of the molecule is COC(CC(=O)N[C@H]1CC[C@H](CCN2CCN(c3nccc4c3OCC4)CC2)CC1)OC. The summed E-state index contributed by atoms with van der Waals surface area (Å²) in [5, 5.41) is 3.15. The molecule has 0 aromatic carbocycles. The van der Waals surface area contributed by atoms with Crippen molar-refractivity contribution in [3.05, 3.63) is 17.8 Å². The van der Waals surface area contributed by atoms with Crippen LogP contribution in [0.1, 0.15) is 44.1 Å². The lowest BCUT2D eigenvalue weighted by molar-refractivity contribution is -0.140. The van der Waals surface area contributed by atoms with Gasteiger partial charge in [0.1, 0.15) is 0 Å². The molecular weight excluding hydrogens is 408 g/mol. The number of pyridine rings is 1. The summed E-state index contributed by atoms with van der Waals surface area (Å²) in [6.45, 7) is 6.12. The van der Waals surface area contributed by atoms with Crippen LogP contribution in [0.4, 0.5) is 5.82 Å². The number of methoxy groups -OCH3 is 2. The molecule has 1 aromatic rings. The van der Waals surface area contributed by atoms with Crippen molar-refractivity contribution in [3.63, 3.8) is 0 Å². The number of ether oxygens (including phenoxy) is 3. The Kier molecular flexibility index (Phi) is 8.21. The number of hydrogen-bond donors (Lipinski definition) is 1. The number of aromatic nitrogens is 1. The summed E-state index contributed by atoms with van der Waals surface area (Å²) in [7, 11) is 3.12. The van der Waals surface area contributed by atoms with Crippen LogP contribution in [0.2, 0.25) is 0 Å². The van der Waals surface area contributed by atoms with E-state index in [9.17, 15) is 4.79 Å². The van der Waals surface area contributed by atoms with Gasteiger partial charge < -0.3 is 24.4 Å². The zero-order chi connectivity index (χ0) is 22.3. The highest BCUT2D eigenvalue weighted by molar-refractivity contribution is 5.76. The number of rotatable bonds is 9. The van der Waals surface area contributed by atoms with Crippen LogP contribution >= 0.6 is 0 Å². The first kappa shape index (κ1) is 23.3. The number of hydrogen-bond acceptors (Lipinski definition) is 7. The van der Waals surface area contributed by atoms with E-state index in [2.05, 4.69) is 26.2 Å². The molecule has 3 aliphatic rings. The standard InChI is InChI=1S/C24H38N4O4/c1-30-22(31-2)17-21(29)26-20-5-3-18(4-6-20)8-11-27-12-14-28(15-13-27)24-23-19(7-10-25-24)9-16-32-23/h7,10,18,20,22H,3-6,8-9,11-17H2,1-2H3,(H,26,29)/t18-,20-. The molecule has 1 aliphatic carbocycles. The third-order valence-corrected chi connectivity index (χ3v) is 7.20. The molecule has 0 spiro atoms. The van der Waals surface area contributed by atoms with Gasteiger partial charge in [-0.2, -0.15) is 0 Å². The summed E-state index contributed by atoms with van der Waals surface area (Å²) in [4.78, 5) is 21.7. The van der Waals surface area contributed by atoms with Gasteiger partial charge >= 0.3 is 0 Å². The summed E-state index contributed by atoms with van der Waals surface area (Å²) in [6.07, 6.45) is 8.49. The fraction of sp³-hybridized carbons (Fsp3) is 0.750. The Morgan fingerprint density at radius 2 is 1.94 bits per heavy atom. The van der Waals surface area contributed by atoms with Gasteiger partial charge in [-0.15, -0.1) is 0 Å². The Labute approximate surface area is 191 Å².